The van der Waals surface area contributed by atoms with Gasteiger partial charge in [0.25, 0.3) is 0 Å². The van der Waals surface area contributed by atoms with Crippen LogP contribution in [-0.4, -0.2) is 34.7 Å². The van der Waals surface area contributed by atoms with E-state index in [4.69, 9.17) is 0 Å². The summed E-state index contributed by atoms with van der Waals surface area (Å²) in [6, 6.07) is 12.8. The zero-order valence-corrected chi connectivity index (χ0v) is 15.9. The molecule has 0 bridgehead atoms. The van der Waals surface area contributed by atoms with Gasteiger partial charge >= 0.3 is 138 Å². The van der Waals surface area contributed by atoms with Crippen molar-refractivity contribution in [2.45, 2.75) is 20.8 Å². The standard InChI is InChI=1S/3C6H6N.Sn/c3*1-6-3-2-4-7-5-6;/h3*2-3,5H,1H3;. The van der Waals surface area contributed by atoms with Gasteiger partial charge in [0.2, 0.25) is 0 Å². The molecule has 0 spiro atoms. The van der Waals surface area contributed by atoms with Crippen molar-refractivity contribution in [3.63, 3.8) is 0 Å². The van der Waals surface area contributed by atoms with Gasteiger partial charge in [-0.2, -0.15) is 0 Å². The monoisotopic (exact) mass is 396 g/mol. The van der Waals surface area contributed by atoms with Gasteiger partial charge in [-0.05, 0) is 0 Å². The Balaban J connectivity index is 2.10. The molecule has 0 fully saturated rings. The van der Waals surface area contributed by atoms with E-state index in [1.54, 1.807) is 0 Å². The zero-order valence-electron chi connectivity index (χ0n) is 13.0. The summed E-state index contributed by atoms with van der Waals surface area (Å²) in [5.74, 6) is 0. The molecule has 0 saturated heterocycles. The quantitative estimate of drug-likeness (QED) is 0.629. The Bertz CT molecular complexity index is 642. The third-order valence-electron chi connectivity index (χ3n) is 3.50. The van der Waals surface area contributed by atoms with Gasteiger partial charge in [-0.25, -0.2) is 0 Å². The van der Waals surface area contributed by atoms with Gasteiger partial charge in [-0.1, -0.05) is 0 Å². The first kappa shape index (κ1) is 15.2. The molecule has 0 aliphatic heterocycles. The van der Waals surface area contributed by atoms with Crippen molar-refractivity contribution >= 4 is 30.9 Å². The maximum atomic E-state index is 4.68. The van der Waals surface area contributed by atoms with Crippen LogP contribution in [0.3, 0.4) is 0 Å². The molecule has 0 N–H and O–H groups in total. The normalized spacial score (nSPS) is 10.9. The van der Waals surface area contributed by atoms with E-state index in [9.17, 15) is 0 Å². The van der Waals surface area contributed by atoms with Crippen molar-refractivity contribution in [3.05, 3.63) is 71.7 Å². The summed E-state index contributed by atoms with van der Waals surface area (Å²) >= 11 is -2.40. The van der Waals surface area contributed by atoms with E-state index in [0.29, 0.717) is 0 Å². The summed E-state index contributed by atoms with van der Waals surface area (Å²) in [5.41, 5.74) is 3.54. The van der Waals surface area contributed by atoms with Crippen LogP contribution in [0.1, 0.15) is 16.7 Å². The van der Waals surface area contributed by atoms with Crippen molar-refractivity contribution in [1.29, 1.82) is 0 Å². The second-order valence-corrected chi connectivity index (χ2v) is 12.1. The van der Waals surface area contributed by atoms with Crippen LogP contribution in [0.15, 0.2) is 55.0 Å². The Labute approximate surface area is 138 Å². The molecule has 3 aromatic heterocycles. The van der Waals surface area contributed by atoms with Gasteiger partial charge in [0.15, 0.2) is 0 Å². The predicted molar refractivity (Wildman–Crippen MR) is 91.6 cm³/mol. The number of rotatable bonds is 3. The molecule has 3 nitrogen and oxygen atoms in total. The molecule has 0 aliphatic carbocycles. The Morgan fingerprint density at radius 2 is 0.864 bits per heavy atom. The predicted octanol–water partition coefficient (Wildman–Crippen LogP) is 1.31. The Kier molecular flexibility index (Phi) is 4.52. The Morgan fingerprint density at radius 1 is 0.545 bits per heavy atom. The van der Waals surface area contributed by atoms with Crippen molar-refractivity contribution in [2.75, 3.05) is 0 Å². The average molecular weight is 395 g/mol. The SMILES string of the molecule is Cc1cc[c]([Sn]([c]2ccc(C)cn2)[c]2ccc(C)cn2)nc1. The summed E-state index contributed by atoms with van der Waals surface area (Å²) in [6.07, 6.45) is 5.83. The second kappa shape index (κ2) is 6.56. The summed E-state index contributed by atoms with van der Waals surface area (Å²) in [7, 11) is 0. The van der Waals surface area contributed by atoms with Crippen molar-refractivity contribution < 1.29 is 0 Å². The van der Waals surface area contributed by atoms with Crippen LogP contribution in [0.5, 0.6) is 0 Å². The first-order chi connectivity index (χ1) is 10.6. The molecule has 0 aliphatic rings. The summed E-state index contributed by atoms with van der Waals surface area (Å²) < 4.78 is 3.50. The average Bonchev–Trinajstić information content (AvgIpc) is 2.53. The fourth-order valence-corrected chi connectivity index (χ4v) is 8.29. The Hall–Kier alpha value is -1.75. The van der Waals surface area contributed by atoms with Gasteiger partial charge < -0.3 is 0 Å². The van der Waals surface area contributed by atoms with Gasteiger partial charge in [0, 0.05) is 0 Å². The molecule has 22 heavy (non-hydrogen) atoms. The van der Waals surface area contributed by atoms with E-state index in [1.807, 2.05) is 18.6 Å². The van der Waals surface area contributed by atoms with E-state index in [2.05, 4.69) is 72.1 Å². The minimum absolute atomic E-state index is 1.17. The van der Waals surface area contributed by atoms with Crippen LogP contribution in [-0.2, 0) is 0 Å². The topological polar surface area (TPSA) is 38.7 Å². The fraction of sp³-hybridized carbons (Fsp3) is 0.167. The Morgan fingerprint density at radius 3 is 1.09 bits per heavy atom. The molecule has 109 valence electrons. The molecule has 3 rings (SSSR count). The number of aryl methyl sites for hydroxylation is 3. The summed E-state index contributed by atoms with van der Waals surface area (Å²) in [4.78, 5) is 14.1. The van der Waals surface area contributed by atoms with Gasteiger partial charge in [-0.3, -0.25) is 0 Å². The van der Waals surface area contributed by atoms with Crippen LogP contribution in [0.25, 0.3) is 0 Å². The van der Waals surface area contributed by atoms with E-state index < -0.39 is 19.8 Å². The fourth-order valence-electron chi connectivity index (χ4n) is 2.24. The molecule has 0 saturated carbocycles. The molecule has 3 aromatic rings. The van der Waals surface area contributed by atoms with Gasteiger partial charge in [0.05, 0.1) is 0 Å². The molecule has 0 unspecified atom stereocenters. The molecule has 1 radical (unpaired) electrons. The first-order valence-electron chi connectivity index (χ1n) is 7.29. The first-order valence-corrected chi connectivity index (χ1v) is 11.6. The van der Waals surface area contributed by atoms with Crippen molar-refractivity contribution in [2.24, 2.45) is 0 Å². The number of hydrogen-bond acceptors (Lipinski definition) is 3. The molecule has 3 heterocycles. The second-order valence-electron chi connectivity index (χ2n) is 5.54. The van der Waals surface area contributed by atoms with E-state index in [1.165, 1.54) is 27.8 Å². The molecule has 0 aromatic carbocycles. The van der Waals surface area contributed by atoms with Crippen molar-refractivity contribution in [1.82, 2.24) is 15.0 Å². The maximum absolute atomic E-state index is 4.68. The van der Waals surface area contributed by atoms with Crippen LogP contribution in [0, 0.1) is 20.8 Å². The van der Waals surface area contributed by atoms with Gasteiger partial charge in [0.1, 0.15) is 0 Å². The minimum atomic E-state index is -2.40. The zero-order chi connectivity index (χ0) is 15.5. The number of pyridine rings is 3. The molecule has 0 amide bonds. The molecule has 0 atom stereocenters. The summed E-state index contributed by atoms with van der Waals surface area (Å²) in [5, 5.41) is 0. The third-order valence-corrected chi connectivity index (χ3v) is 10.4. The number of nitrogens with zero attached hydrogens (tertiary/aromatic N) is 3. The van der Waals surface area contributed by atoms with Crippen LogP contribution < -0.4 is 11.1 Å². The van der Waals surface area contributed by atoms with E-state index in [-0.39, 0.29) is 0 Å². The van der Waals surface area contributed by atoms with Crippen LogP contribution in [0.4, 0.5) is 0 Å². The molecular formula is C18H18N3Sn. The van der Waals surface area contributed by atoms with Crippen molar-refractivity contribution in [3.8, 4) is 0 Å². The van der Waals surface area contributed by atoms with E-state index >= 15 is 0 Å². The summed E-state index contributed by atoms with van der Waals surface area (Å²) in [6.45, 7) is 6.19. The third kappa shape index (κ3) is 3.35. The number of hydrogen-bond donors (Lipinski definition) is 0. The van der Waals surface area contributed by atoms with Gasteiger partial charge in [-0.15, -0.1) is 0 Å². The molecular weight excluding hydrogens is 377 g/mol. The van der Waals surface area contributed by atoms with E-state index in [0.717, 1.165) is 0 Å². The van der Waals surface area contributed by atoms with Crippen LogP contribution >= 0.6 is 0 Å². The number of aromatic nitrogens is 3. The molecule has 4 heteroatoms. The van der Waals surface area contributed by atoms with Crippen LogP contribution in [0.2, 0.25) is 0 Å².